The van der Waals surface area contributed by atoms with Gasteiger partial charge in [0.25, 0.3) is 0 Å². The topological polar surface area (TPSA) is 97.2 Å². The Balaban J connectivity index is 1.23. The van der Waals surface area contributed by atoms with Crippen molar-refractivity contribution >= 4 is 15.9 Å². The van der Waals surface area contributed by atoms with E-state index in [1.807, 2.05) is 23.9 Å². The van der Waals surface area contributed by atoms with Crippen molar-refractivity contribution in [1.82, 2.24) is 24.6 Å². The molecule has 8 nitrogen and oxygen atoms in total. The minimum absolute atomic E-state index is 0.0549. The molecule has 2 heterocycles. The van der Waals surface area contributed by atoms with Crippen molar-refractivity contribution in [2.45, 2.75) is 43.0 Å². The molecule has 2 aliphatic rings. The Kier molecular flexibility index (Phi) is 4.73. The summed E-state index contributed by atoms with van der Waals surface area (Å²) in [5.74, 6) is 0.513. The van der Waals surface area contributed by atoms with Crippen molar-refractivity contribution in [2.75, 3.05) is 19.6 Å². The number of aryl methyl sites for hydroxylation is 1. The van der Waals surface area contributed by atoms with Crippen LogP contribution in [-0.4, -0.2) is 53.9 Å². The van der Waals surface area contributed by atoms with Gasteiger partial charge in [-0.25, -0.2) is 17.8 Å². The summed E-state index contributed by atoms with van der Waals surface area (Å²) in [5, 5.41) is 8.36. The molecule has 0 unspecified atom stereocenters. The summed E-state index contributed by atoms with van der Waals surface area (Å²) in [6.07, 6.45) is 4.50. The van der Waals surface area contributed by atoms with Gasteiger partial charge in [0.2, 0.25) is 15.9 Å². The van der Waals surface area contributed by atoms with E-state index in [1.54, 1.807) is 23.1 Å². The Morgan fingerprint density at radius 1 is 1.30 bits per heavy atom. The van der Waals surface area contributed by atoms with E-state index in [-0.39, 0.29) is 29.8 Å². The number of nitrogens with one attached hydrogen (secondary N) is 1. The highest BCUT2D eigenvalue weighted by molar-refractivity contribution is 7.89. The highest BCUT2D eigenvalue weighted by atomic mass is 32.2. The summed E-state index contributed by atoms with van der Waals surface area (Å²) in [6, 6.07) is 6.86. The van der Waals surface area contributed by atoms with Crippen LogP contribution in [0, 0.1) is 6.92 Å². The number of hydrogen-bond donors (Lipinski definition) is 1. The number of amides is 1. The van der Waals surface area contributed by atoms with Gasteiger partial charge >= 0.3 is 0 Å². The second-order valence-electron chi connectivity index (χ2n) is 7.31. The zero-order valence-corrected chi connectivity index (χ0v) is 16.0. The molecule has 4 rings (SSSR count). The van der Waals surface area contributed by atoms with E-state index in [0.29, 0.717) is 19.0 Å². The molecule has 1 aliphatic heterocycles. The smallest absolute Gasteiger partial charge is 0.240 e. The minimum atomic E-state index is -3.59. The monoisotopic (exact) mass is 389 g/mol. The average Bonchev–Trinajstić information content (AvgIpc) is 3.32. The van der Waals surface area contributed by atoms with Gasteiger partial charge in [0.15, 0.2) is 0 Å². The average molecular weight is 389 g/mol. The first-order chi connectivity index (χ1) is 12.9. The molecule has 0 radical (unpaired) electrons. The van der Waals surface area contributed by atoms with E-state index >= 15 is 0 Å². The lowest BCUT2D eigenvalue weighted by atomic mass is 10.1. The van der Waals surface area contributed by atoms with Crippen molar-refractivity contribution in [1.29, 1.82) is 0 Å². The van der Waals surface area contributed by atoms with Crippen LogP contribution in [-0.2, 0) is 14.8 Å². The van der Waals surface area contributed by atoms with Gasteiger partial charge in [0.05, 0.1) is 16.6 Å². The highest BCUT2D eigenvalue weighted by Gasteiger charge is 2.34. The number of nitrogens with zero attached hydrogens (tertiary/aromatic N) is 4. The summed E-state index contributed by atoms with van der Waals surface area (Å²) in [4.78, 5) is 14.2. The molecule has 1 aromatic heterocycles. The van der Waals surface area contributed by atoms with Gasteiger partial charge in [-0.1, -0.05) is 17.3 Å². The first-order valence-electron chi connectivity index (χ1n) is 9.18. The Morgan fingerprint density at radius 2 is 2.07 bits per heavy atom. The lowest BCUT2D eigenvalue weighted by molar-refractivity contribution is -0.137. The number of rotatable bonds is 7. The zero-order chi connectivity index (χ0) is 19.0. The number of benzene rings is 1. The van der Waals surface area contributed by atoms with Crippen LogP contribution in [0.25, 0.3) is 0 Å². The van der Waals surface area contributed by atoms with E-state index in [1.165, 1.54) is 12.8 Å². The third kappa shape index (κ3) is 4.03. The van der Waals surface area contributed by atoms with Gasteiger partial charge in [0.1, 0.15) is 0 Å². The van der Waals surface area contributed by atoms with E-state index in [2.05, 4.69) is 15.0 Å². The Bertz CT molecular complexity index is 945. The SMILES string of the molecule is Cc1cccc(S(=O)(=O)NCCC(=O)N2CC(n3cc(C4CC4)nn3)C2)c1. The van der Waals surface area contributed by atoms with Crippen LogP contribution in [0.3, 0.4) is 0 Å². The van der Waals surface area contributed by atoms with Gasteiger partial charge < -0.3 is 4.90 Å². The van der Waals surface area contributed by atoms with Gasteiger partial charge in [-0.2, -0.15) is 0 Å². The molecule has 0 bridgehead atoms. The molecular weight excluding hydrogens is 366 g/mol. The first-order valence-corrected chi connectivity index (χ1v) is 10.7. The van der Waals surface area contributed by atoms with Crippen molar-refractivity contribution in [3.8, 4) is 0 Å². The minimum Gasteiger partial charge on any atom is -0.338 e. The van der Waals surface area contributed by atoms with Crippen molar-refractivity contribution in [3.63, 3.8) is 0 Å². The Labute approximate surface area is 158 Å². The molecule has 1 saturated carbocycles. The number of sulfonamides is 1. The Morgan fingerprint density at radius 3 is 2.78 bits per heavy atom. The van der Waals surface area contributed by atoms with Gasteiger partial charge in [-0.3, -0.25) is 4.79 Å². The predicted octanol–water partition coefficient (Wildman–Crippen LogP) is 1.22. The summed E-state index contributed by atoms with van der Waals surface area (Å²) in [7, 11) is -3.59. The lowest BCUT2D eigenvalue weighted by Gasteiger charge is -2.38. The second-order valence-corrected chi connectivity index (χ2v) is 9.08. The first kappa shape index (κ1) is 18.1. The fourth-order valence-corrected chi connectivity index (χ4v) is 4.31. The fraction of sp³-hybridized carbons (Fsp3) is 0.500. The second kappa shape index (κ2) is 7.05. The molecule has 1 aliphatic carbocycles. The molecule has 0 atom stereocenters. The van der Waals surface area contributed by atoms with Crippen LogP contribution < -0.4 is 4.72 Å². The van der Waals surface area contributed by atoms with Crippen LogP contribution >= 0.6 is 0 Å². The summed E-state index contributed by atoms with van der Waals surface area (Å²) < 4.78 is 28.9. The van der Waals surface area contributed by atoms with Crippen molar-refractivity contribution in [3.05, 3.63) is 41.7 Å². The summed E-state index contributed by atoms with van der Waals surface area (Å²) in [5.41, 5.74) is 1.92. The molecule has 1 saturated heterocycles. The Hall–Kier alpha value is -2.26. The number of carbonyl (C=O) groups excluding carboxylic acids is 1. The maximum atomic E-state index is 12.3. The number of aromatic nitrogens is 3. The zero-order valence-electron chi connectivity index (χ0n) is 15.2. The largest absolute Gasteiger partial charge is 0.338 e. The molecule has 2 aromatic rings. The van der Waals surface area contributed by atoms with E-state index < -0.39 is 10.0 Å². The van der Waals surface area contributed by atoms with E-state index in [9.17, 15) is 13.2 Å². The lowest BCUT2D eigenvalue weighted by Crippen LogP contribution is -2.51. The van der Waals surface area contributed by atoms with E-state index in [0.717, 1.165) is 11.3 Å². The third-order valence-corrected chi connectivity index (χ3v) is 6.50. The van der Waals surface area contributed by atoms with Gasteiger partial charge in [-0.05, 0) is 37.5 Å². The van der Waals surface area contributed by atoms with Crippen LogP contribution in [0.4, 0.5) is 0 Å². The van der Waals surface area contributed by atoms with Crippen LogP contribution in [0.5, 0.6) is 0 Å². The maximum Gasteiger partial charge on any atom is 0.240 e. The molecule has 1 aromatic carbocycles. The molecular formula is C18H23N5O3S. The third-order valence-electron chi connectivity index (χ3n) is 5.04. The molecule has 9 heteroatoms. The van der Waals surface area contributed by atoms with Crippen LogP contribution in [0.15, 0.2) is 35.4 Å². The molecule has 1 N–H and O–H groups in total. The normalized spacial score (nSPS) is 17.7. The highest BCUT2D eigenvalue weighted by Crippen LogP contribution is 2.39. The molecule has 0 spiro atoms. The van der Waals surface area contributed by atoms with Crippen LogP contribution in [0.2, 0.25) is 0 Å². The van der Waals surface area contributed by atoms with Gasteiger partial charge in [0, 0.05) is 38.2 Å². The molecule has 1 amide bonds. The molecule has 144 valence electrons. The number of likely N-dealkylation sites (tertiary alicyclic amines) is 1. The number of carbonyl (C=O) groups is 1. The predicted molar refractivity (Wildman–Crippen MR) is 98.6 cm³/mol. The molecule has 27 heavy (non-hydrogen) atoms. The summed E-state index contributed by atoms with van der Waals surface area (Å²) in [6.45, 7) is 3.12. The van der Waals surface area contributed by atoms with Crippen molar-refractivity contribution in [2.24, 2.45) is 0 Å². The number of hydrogen-bond acceptors (Lipinski definition) is 5. The maximum absolute atomic E-state index is 12.3. The molecule has 2 fully saturated rings. The summed E-state index contributed by atoms with van der Waals surface area (Å²) >= 11 is 0. The fourth-order valence-electron chi connectivity index (χ4n) is 3.18. The van der Waals surface area contributed by atoms with Crippen molar-refractivity contribution < 1.29 is 13.2 Å². The van der Waals surface area contributed by atoms with Gasteiger partial charge in [-0.15, -0.1) is 5.10 Å². The van der Waals surface area contributed by atoms with Crippen LogP contribution in [0.1, 0.15) is 42.5 Å². The quantitative estimate of drug-likeness (QED) is 0.768. The standard InChI is InChI=1S/C18H23N5O3S/c1-13-3-2-4-16(9-13)27(25,26)19-8-7-18(24)22-10-15(11-22)23-12-17(20-21-23)14-5-6-14/h2-4,9,12,14-15,19H,5-8,10-11H2,1H3. The van der Waals surface area contributed by atoms with E-state index in [4.69, 9.17) is 0 Å².